The highest BCUT2D eigenvalue weighted by atomic mass is 16.4. The zero-order valence-electron chi connectivity index (χ0n) is 20.7. The van der Waals surface area contributed by atoms with Crippen LogP contribution in [0.2, 0.25) is 0 Å². The Morgan fingerprint density at radius 1 is 0.789 bits per heavy atom. The summed E-state index contributed by atoms with van der Waals surface area (Å²) in [6, 6.07) is 32.1. The maximum atomic E-state index is 12.1. The van der Waals surface area contributed by atoms with Crippen LogP contribution < -0.4 is 0 Å². The minimum atomic E-state index is -0.952. The van der Waals surface area contributed by atoms with E-state index in [1.54, 1.807) is 12.1 Å². The summed E-state index contributed by atoms with van der Waals surface area (Å²) in [4.78, 5) is 16.9. The Bertz CT molecular complexity index is 1690. The molecule has 7 heteroatoms. The molecule has 0 spiro atoms. The molecule has 0 bridgehead atoms. The molecule has 5 aromatic rings. The van der Waals surface area contributed by atoms with Gasteiger partial charge in [0, 0.05) is 18.5 Å². The first-order chi connectivity index (χ1) is 18.7. The van der Waals surface area contributed by atoms with Crippen LogP contribution in [0.15, 0.2) is 113 Å². The van der Waals surface area contributed by atoms with E-state index in [1.165, 1.54) is 5.56 Å². The van der Waals surface area contributed by atoms with Crippen molar-refractivity contribution in [3.8, 4) is 11.1 Å². The number of aromatic nitrogens is 2. The third-order valence-electron chi connectivity index (χ3n) is 6.85. The van der Waals surface area contributed by atoms with Crippen molar-refractivity contribution in [2.24, 2.45) is 15.4 Å². The molecule has 1 aliphatic rings. The first-order valence-electron chi connectivity index (χ1n) is 12.5. The van der Waals surface area contributed by atoms with E-state index in [0.717, 1.165) is 40.2 Å². The number of nitrogens with zero attached hydrogens (tertiary/aromatic N) is 5. The highest BCUT2D eigenvalue weighted by Crippen LogP contribution is 2.28. The first kappa shape index (κ1) is 23.5. The smallest absolute Gasteiger partial charge is 0.337 e. The van der Waals surface area contributed by atoms with Gasteiger partial charge in [-0.05, 0) is 46.0 Å². The van der Waals surface area contributed by atoms with Crippen molar-refractivity contribution in [1.29, 1.82) is 0 Å². The molecule has 0 atom stereocenters. The summed E-state index contributed by atoms with van der Waals surface area (Å²) >= 11 is 0. The Morgan fingerprint density at radius 3 is 2.29 bits per heavy atom. The van der Waals surface area contributed by atoms with E-state index < -0.39 is 5.97 Å². The van der Waals surface area contributed by atoms with E-state index in [0.29, 0.717) is 30.5 Å². The maximum Gasteiger partial charge on any atom is 0.337 e. The topological polar surface area (TPSA) is 92.2 Å². The van der Waals surface area contributed by atoms with Crippen LogP contribution in [-0.4, -0.2) is 32.9 Å². The molecular weight excluding hydrogens is 474 g/mol. The maximum absolute atomic E-state index is 12.1. The summed E-state index contributed by atoms with van der Waals surface area (Å²) in [6.07, 6.45) is 1.53. The first-order valence-corrected chi connectivity index (χ1v) is 12.5. The molecule has 0 saturated heterocycles. The van der Waals surface area contributed by atoms with Gasteiger partial charge in [-0.15, -0.1) is 5.10 Å². The fraction of sp³-hybridized carbons (Fsp3) is 0.129. The largest absolute Gasteiger partial charge is 0.478 e. The van der Waals surface area contributed by atoms with Gasteiger partial charge < -0.3 is 9.67 Å². The number of hydrogen-bond donors (Lipinski definition) is 1. The molecule has 0 aliphatic carbocycles. The quantitative estimate of drug-likeness (QED) is 0.268. The predicted octanol–water partition coefficient (Wildman–Crippen LogP) is 6.40. The van der Waals surface area contributed by atoms with Gasteiger partial charge in [-0.25, -0.2) is 9.78 Å². The third kappa shape index (κ3) is 4.62. The SMILES string of the molecule is O=C(O)c1cccc2nc(CCc3ccccc3)n(Cc3ccc(-c4ccccc4C4=NN=NC4)cc3)c12. The summed E-state index contributed by atoms with van der Waals surface area (Å²) in [5.41, 5.74) is 7.95. The van der Waals surface area contributed by atoms with Crippen LogP contribution in [0.4, 0.5) is 0 Å². The lowest BCUT2D eigenvalue weighted by Crippen LogP contribution is -2.09. The molecule has 7 nitrogen and oxygen atoms in total. The molecular formula is C31H25N5O2. The van der Waals surface area contributed by atoms with Crippen LogP contribution in [-0.2, 0) is 19.4 Å². The lowest BCUT2D eigenvalue weighted by Gasteiger charge is -2.13. The van der Waals surface area contributed by atoms with Gasteiger partial charge in [-0.1, -0.05) is 84.9 Å². The predicted molar refractivity (Wildman–Crippen MR) is 148 cm³/mol. The van der Waals surface area contributed by atoms with Gasteiger partial charge in [-0.3, -0.25) is 0 Å². The van der Waals surface area contributed by atoms with Crippen molar-refractivity contribution in [3.05, 3.63) is 125 Å². The fourth-order valence-corrected chi connectivity index (χ4v) is 4.98. The zero-order chi connectivity index (χ0) is 25.9. The Balaban J connectivity index is 1.34. The van der Waals surface area contributed by atoms with Crippen molar-refractivity contribution in [2.75, 3.05) is 6.54 Å². The van der Waals surface area contributed by atoms with Crippen LogP contribution in [0.5, 0.6) is 0 Å². The number of rotatable bonds is 8. The molecule has 0 radical (unpaired) electrons. The lowest BCUT2D eigenvalue weighted by atomic mass is 9.96. The second-order valence-corrected chi connectivity index (χ2v) is 9.26. The fourth-order valence-electron chi connectivity index (χ4n) is 4.98. The molecule has 0 saturated carbocycles. The van der Waals surface area contributed by atoms with Crippen molar-refractivity contribution in [3.63, 3.8) is 0 Å². The molecule has 0 amide bonds. The summed E-state index contributed by atoms with van der Waals surface area (Å²) in [7, 11) is 0. The molecule has 186 valence electrons. The molecule has 0 fully saturated rings. The van der Waals surface area contributed by atoms with Gasteiger partial charge in [-0.2, -0.15) is 5.11 Å². The minimum absolute atomic E-state index is 0.264. The minimum Gasteiger partial charge on any atom is -0.478 e. The molecule has 1 N–H and O–H groups in total. The standard InChI is InChI=1S/C31H25N5O2/c37-31(38)26-11-6-12-27-30(26)36(29(33-27)18-15-21-7-2-1-3-8-21)20-22-13-16-23(17-14-22)24-9-4-5-10-25(24)28-19-32-35-34-28/h1-14,16-17H,15,18-20H2,(H,37,38). The average Bonchev–Trinajstić information content (AvgIpc) is 3.61. The highest BCUT2D eigenvalue weighted by molar-refractivity contribution is 6.07. The number of para-hydroxylation sites is 1. The molecule has 1 aliphatic heterocycles. The number of benzene rings is 4. The third-order valence-corrected chi connectivity index (χ3v) is 6.85. The van der Waals surface area contributed by atoms with Crippen LogP contribution in [0.1, 0.15) is 32.9 Å². The molecule has 2 heterocycles. The monoisotopic (exact) mass is 499 g/mol. The second-order valence-electron chi connectivity index (χ2n) is 9.26. The number of carboxylic acid groups (broad SMARTS) is 1. The van der Waals surface area contributed by atoms with Crippen LogP contribution in [0, 0.1) is 0 Å². The Hall–Kier alpha value is -4.91. The highest BCUT2D eigenvalue weighted by Gasteiger charge is 2.18. The number of aryl methyl sites for hydroxylation is 2. The second kappa shape index (κ2) is 10.2. The van der Waals surface area contributed by atoms with Crippen molar-refractivity contribution in [1.82, 2.24) is 9.55 Å². The summed E-state index contributed by atoms with van der Waals surface area (Å²) in [6.45, 7) is 1.01. The summed E-state index contributed by atoms with van der Waals surface area (Å²) < 4.78 is 2.06. The van der Waals surface area contributed by atoms with E-state index in [-0.39, 0.29) is 5.56 Å². The van der Waals surface area contributed by atoms with Crippen molar-refractivity contribution < 1.29 is 9.90 Å². The van der Waals surface area contributed by atoms with Gasteiger partial charge in [0.15, 0.2) is 0 Å². The van der Waals surface area contributed by atoms with Crippen molar-refractivity contribution >= 4 is 22.7 Å². The van der Waals surface area contributed by atoms with Crippen LogP contribution in [0.3, 0.4) is 0 Å². The van der Waals surface area contributed by atoms with Gasteiger partial charge in [0.05, 0.1) is 22.3 Å². The van der Waals surface area contributed by atoms with Gasteiger partial charge in [0.25, 0.3) is 0 Å². The van der Waals surface area contributed by atoms with Gasteiger partial charge >= 0.3 is 5.97 Å². The normalized spacial score (nSPS) is 12.7. The number of carbonyl (C=O) groups is 1. The van der Waals surface area contributed by atoms with Crippen molar-refractivity contribution in [2.45, 2.75) is 19.4 Å². The summed E-state index contributed by atoms with van der Waals surface area (Å²) in [5.74, 6) is -0.0784. The Kier molecular flexibility index (Phi) is 6.32. The number of aromatic carboxylic acids is 1. The Morgan fingerprint density at radius 2 is 1.55 bits per heavy atom. The number of hydrogen-bond acceptors (Lipinski definition) is 5. The lowest BCUT2D eigenvalue weighted by molar-refractivity contribution is 0.0698. The zero-order valence-corrected chi connectivity index (χ0v) is 20.7. The molecule has 6 rings (SSSR count). The number of carboxylic acids is 1. The molecule has 38 heavy (non-hydrogen) atoms. The molecule has 4 aromatic carbocycles. The van der Waals surface area contributed by atoms with E-state index in [2.05, 4.69) is 62.5 Å². The van der Waals surface area contributed by atoms with Gasteiger partial charge in [0.1, 0.15) is 12.4 Å². The van der Waals surface area contributed by atoms with Crippen LogP contribution >= 0.6 is 0 Å². The van der Waals surface area contributed by atoms with E-state index in [9.17, 15) is 9.90 Å². The molecule has 1 aromatic heterocycles. The van der Waals surface area contributed by atoms with E-state index >= 15 is 0 Å². The molecule has 0 unspecified atom stereocenters. The van der Waals surface area contributed by atoms with Crippen LogP contribution in [0.25, 0.3) is 22.2 Å². The number of imidazole rings is 1. The average molecular weight is 500 g/mol. The van der Waals surface area contributed by atoms with E-state index in [4.69, 9.17) is 4.98 Å². The van der Waals surface area contributed by atoms with Gasteiger partial charge in [0.2, 0.25) is 0 Å². The van der Waals surface area contributed by atoms with E-state index in [1.807, 2.05) is 42.5 Å². The summed E-state index contributed by atoms with van der Waals surface area (Å²) in [5, 5.41) is 21.9. The Labute approximate surface area is 219 Å². The number of fused-ring (bicyclic) bond motifs is 1.